The molecule has 2 aromatic carbocycles. The van der Waals surface area contributed by atoms with Gasteiger partial charge in [0.15, 0.2) is 0 Å². The molecule has 0 bridgehead atoms. The Hall–Kier alpha value is -3.44. The molecular formula is C32H36N2O3. The van der Waals surface area contributed by atoms with Gasteiger partial charge in [0, 0.05) is 11.6 Å². The van der Waals surface area contributed by atoms with Gasteiger partial charge in [-0.05, 0) is 65.3 Å². The van der Waals surface area contributed by atoms with Crippen molar-refractivity contribution in [3.63, 3.8) is 0 Å². The van der Waals surface area contributed by atoms with Crippen LogP contribution in [-0.2, 0) is 6.42 Å². The van der Waals surface area contributed by atoms with Gasteiger partial charge in [-0.2, -0.15) is 4.98 Å². The molecule has 2 N–H and O–H groups in total. The van der Waals surface area contributed by atoms with E-state index >= 15 is 0 Å². The molecule has 0 saturated carbocycles. The van der Waals surface area contributed by atoms with Crippen molar-refractivity contribution in [1.82, 2.24) is 9.97 Å². The molecule has 2 aliphatic rings. The third kappa shape index (κ3) is 5.47. The summed E-state index contributed by atoms with van der Waals surface area (Å²) in [5.41, 5.74) is 4.43. The smallest absolute Gasteiger partial charge is 0.217 e. The molecule has 1 heterocycles. The average Bonchev–Trinajstić information content (AvgIpc) is 2.92. The van der Waals surface area contributed by atoms with Crippen LogP contribution in [0, 0.1) is 5.92 Å². The maximum absolute atomic E-state index is 10.7. The number of rotatable bonds is 9. The Morgan fingerprint density at radius 1 is 1.08 bits per heavy atom. The highest BCUT2D eigenvalue weighted by Crippen LogP contribution is 2.37. The van der Waals surface area contributed by atoms with Gasteiger partial charge < -0.3 is 14.9 Å². The van der Waals surface area contributed by atoms with Gasteiger partial charge in [-0.1, -0.05) is 75.6 Å². The molecule has 37 heavy (non-hydrogen) atoms. The van der Waals surface area contributed by atoms with Crippen LogP contribution in [0.25, 0.3) is 28.1 Å². The largest absolute Gasteiger partial charge is 0.508 e. The van der Waals surface area contributed by atoms with Crippen LogP contribution in [0.3, 0.4) is 0 Å². The Labute approximate surface area is 219 Å². The van der Waals surface area contributed by atoms with Crippen molar-refractivity contribution in [1.29, 1.82) is 0 Å². The highest BCUT2D eigenvalue weighted by molar-refractivity contribution is 6.02. The highest BCUT2D eigenvalue weighted by Gasteiger charge is 2.25. The van der Waals surface area contributed by atoms with Crippen molar-refractivity contribution in [2.45, 2.75) is 64.4 Å². The molecule has 2 aliphatic carbocycles. The number of benzene rings is 2. The fourth-order valence-corrected chi connectivity index (χ4v) is 5.31. The molecule has 0 amide bonds. The van der Waals surface area contributed by atoms with Crippen molar-refractivity contribution in [2.24, 2.45) is 5.92 Å². The van der Waals surface area contributed by atoms with Crippen LogP contribution in [0.5, 0.6) is 5.88 Å². The number of fused-ring (bicyclic) bond motifs is 3. The van der Waals surface area contributed by atoms with E-state index in [4.69, 9.17) is 14.7 Å². The summed E-state index contributed by atoms with van der Waals surface area (Å²) >= 11 is 0. The number of hydrogen-bond donors (Lipinski definition) is 2. The van der Waals surface area contributed by atoms with Gasteiger partial charge in [0.05, 0.1) is 24.3 Å². The summed E-state index contributed by atoms with van der Waals surface area (Å²) in [6.45, 7) is 5.02. The minimum atomic E-state index is -0.911. The molecule has 0 saturated heterocycles. The molecule has 3 unspecified atom stereocenters. The number of hydrogen-bond acceptors (Lipinski definition) is 5. The van der Waals surface area contributed by atoms with Gasteiger partial charge in [0.2, 0.25) is 5.88 Å². The van der Waals surface area contributed by atoms with E-state index in [0.29, 0.717) is 24.2 Å². The summed E-state index contributed by atoms with van der Waals surface area (Å²) in [4.78, 5) is 9.71. The Kier molecular flexibility index (Phi) is 7.71. The van der Waals surface area contributed by atoms with Crippen molar-refractivity contribution in [3.8, 4) is 17.1 Å². The first kappa shape index (κ1) is 25.2. The van der Waals surface area contributed by atoms with Crippen LogP contribution in [0.2, 0.25) is 0 Å². The average molecular weight is 497 g/mol. The van der Waals surface area contributed by atoms with E-state index in [0.717, 1.165) is 42.3 Å². The first-order valence-corrected chi connectivity index (χ1v) is 13.6. The molecular weight excluding hydrogens is 460 g/mol. The van der Waals surface area contributed by atoms with Crippen molar-refractivity contribution in [2.75, 3.05) is 6.61 Å². The van der Waals surface area contributed by atoms with Gasteiger partial charge >= 0.3 is 0 Å². The topological polar surface area (TPSA) is 75.5 Å². The van der Waals surface area contributed by atoms with Crippen molar-refractivity contribution < 1.29 is 14.9 Å². The summed E-state index contributed by atoms with van der Waals surface area (Å²) in [6, 6.07) is 12.7. The van der Waals surface area contributed by atoms with Gasteiger partial charge in [-0.15, -0.1) is 0 Å². The number of aliphatic hydroxyl groups is 2. The SMILES string of the molecule is CCCCC(CC)COc1cc(-c2cc3c(c4ccccc24)C=CCC3)nc(C2C=CC(O)=CC2O)n1. The number of unbranched alkanes of at least 4 members (excludes halogenated alkanes) is 1. The zero-order chi connectivity index (χ0) is 25.8. The fraction of sp³-hybridized carbons (Fsp3) is 0.375. The van der Waals surface area contributed by atoms with E-state index in [2.05, 4.69) is 56.3 Å². The molecule has 5 heteroatoms. The Bertz CT molecular complexity index is 1360. The highest BCUT2D eigenvalue weighted by atomic mass is 16.5. The van der Waals surface area contributed by atoms with E-state index in [1.165, 1.54) is 35.4 Å². The van der Waals surface area contributed by atoms with Gasteiger partial charge in [0.1, 0.15) is 11.6 Å². The lowest BCUT2D eigenvalue weighted by Crippen LogP contribution is -2.21. The number of allylic oxidation sites excluding steroid dienone is 2. The zero-order valence-electron chi connectivity index (χ0n) is 21.7. The quantitative estimate of drug-likeness (QED) is 0.325. The van der Waals surface area contributed by atoms with E-state index in [9.17, 15) is 10.2 Å². The van der Waals surface area contributed by atoms with Crippen LogP contribution in [0.1, 0.15) is 68.8 Å². The van der Waals surface area contributed by atoms with Crippen LogP contribution >= 0.6 is 0 Å². The second-order valence-electron chi connectivity index (χ2n) is 10.1. The second-order valence-corrected chi connectivity index (χ2v) is 10.1. The van der Waals surface area contributed by atoms with Gasteiger partial charge in [-0.25, -0.2) is 4.98 Å². The zero-order valence-corrected chi connectivity index (χ0v) is 21.7. The Morgan fingerprint density at radius 2 is 1.92 bits per heavy atom. The summed E-state index contributed by atoms with van der Waals surface area (Å²) < 4.78 is 6.30. The summed E-state index contributed by atoms with van der Waals surface area (Å²) in [6.07, 6.45) is 14.9. The molecule has 0 aliphatic heterocycles. The molecule has 5 nitrogen and oxygen atoms in total. The van der Waals surface area contributed by atoms with Gasteiger partial charge in [-0.3, -0.25) is 0 Å². The van der Waals surface area contributed by atoms with E-state index < -0.39 is 12.0 Å². The summed E-state index contributed by atoms with van der Waals surface area (Å²) in [5.74, 6) is 1.07. The van der Waals surface area contributed by atoms with Crippen molar-refractivity contribution >= 4 is 16.8 Å². The third-order valence-corrected chi connectivity index (χ3v) is 7.52. The Morgan fingerprint density at radius 3 is 2.70 bits per heavy atom. The lowest BCUT2D eigenvalue weighted by molar-refractivity contribution is 0.193. The third-order valence-electron chi connectivity index (χ3n) is 7.52. The molecule has 3 atom stereocenters. The summed E-state index contributed by atoms with van der Waals surface area (Å²) in [7, 11) is 0. The molecule has 0 fully saturated rings. The van der Waals surface area contributed by atoms with Crippen LogP contribution in [0.4, 0.5) is 0 Å². The minimum Gasteiger partial charge on any atom is -0.508 e. The molecule has 3 aromatic rings. The monoisotopic (exact) mass is 496 g/mol. The first-order valence-electron chi connectivity index (χ1n) is 13.6. The normalized spacial score (nSPS) is 19.5. The maximum atomic E-state index is 10.7. The predicted octanol–water partition coefficient (Wildman–Crippen LogP) is 7.31. The van der Waals surface area contributed by atoms with E-state index in [1.54, 1.807) is 12.2 Å². The Balaban J connectivity index is 1.60. The van der Waals surface area contributed by atoms with E-state index in [-0.39, 0.29) is 5.76 Å². The second kappa shape index (κ2) is 11.3. The van der Waals surface area contributed by atoms with Crippen LogP contribution in [0.15, 0.2) is 66.5 Å². The molecule has 5 rings (SSSR count). The number of nitrogens with zero attached hydrogens (tertiary/aromatic N) is 2. The molecule has 0 radical (unpaired) electrons. The number of aromatic nitrogens is 2. The molecule has 0 spiro atoms. The number of ether oxygens (including phenoxy) is 1. The lowest BCUT2D eigenvalue weighted by Gasteiger charge is -2.22. The summed E-state index contributed by atoms with van der Waals surface area (Å²) in [5, 5.41) is 22.9. The molecule has 1 aromatic heterocycles. The number of aliphatic hydroxyl groups excluding tert-OH is 2. The fourth-order valence-electron chi connectivity index (χ4n) is 5.31. The maximum Gasteiger partial charge on any atom is 0.217 e. The van der Waals surface area contributed by atoms with Crippen LogP contribution in [-0.4, -0.2) is 32.9 Å². The van der Waals surface area contributed by atoms with Crippen molar-refractivity contribution in [3.05, 3.63) is 83.4 Å². The van der Waals surface area contributed by atoms with Crippen LogP contribution < -0.4 is 4.74 Å². The lowest BCUT2D eigenvalue weighted by atomic mass is 9.88. The van der Waals surface area contributed by atoms with E-state index in [1.807, 2.05) is 6.07 Å². The molecule has 192 valence electrons. The number of aryl methyl sites for hydroxylation is 1. The van der Waals surface area contributed by atoms with Gasteiger partial charge in [0.25, 0.3) is 0 Å². The predicted molar refractivity (Wildman–Crippen MR) is 150 cm³/mol. The first-order chi connectivity index (χ1) is 18.1. The minimum absolute atomic E-state index is 0.0480. The standard InChI is InChI=1S/C32H36N2O3/c1-3-5-10-21(4-2)20-37-31-19-29(33-32(34-31)27-16-15-23(35)18-30(27)36)28-17-22-11-6-7-12-24(22)25-13-8-9-14-26(25)28/h7-9,12-19,21,27,30,35-36H,3-6,10-11,20H2,1-2H3.